The molecule has 1 atom stereocenters. The molecule has 0 fully saturated rings. The Labute approximate surface area is 124 Å². The van der Waals surface area contributed by atoms with Crippen molar-refractivity contribution in [1.82, 2.24) is 0 Å². The Hall–Kier alpha value is -0.160. The number of hydrogen-bond acceptors (Lipinski definition) is 4. The van der Waals surface area contributed by atoms with Gasteiger partial charge in [-0.05, 0) is 26.2 Å². The third kappa shape index (κ3) is 6.53. The quantitative estimate of drug-likeness (QED) is 0.483. The van der Waals surface area contributed by atoms with Crippen LogP contribution in [0.15, 0.2) is 0 Å². The Morgan fingerprint density at radius 3 is 1.95 bits per heavy atom. The molecule has 0 aliphatic rings. The summed E-state index contributed by atoms with van der Waals surface area (Å²) in [4.78, 5) is 0. The van der Waals surface area contributed by atoms with Crippen LogP contribution in [0.4, 0.5) is 0 Å². The molecule has 0 amide bonds. The molecule has 4 heteroatoms. The number of ether oxygens (including phenoxy) is 1. The maximum atomic E-state index is 9.31. The summed E-state index contributed by atoms with van der Waals surface area (Å²) in [7, 11) is 0. The van der Waals surface area contributed by atoms with Gasteiger partial charge >= 0.3 is 0 Å². The standard InChI is InChI=1S/C16H34O4/c1-5-6-7-8-9-14(2)15(3,4)20-13-16(10-17,11-18)12-19/h14,17-19H,5-13H2,1-4H3. The van der Waals surface area contributed by atoms with E-state index >= 15 is 0 Å². The van der Waals surface area contributed by atoms with Crippen LogP contribution >= 0.6 is 0 Å². The van der Waals surface area contributed by atoms with E-state index < -0.39 is 5.41 Å². The minimum Gasteiger partial charge on any atom is -0.396 e. The highest BCUT2D eigenvalue weighted by Crippen LogP contribution is 2.28. The summed E-state index contributed by atoms with van der Waals surface area (Å²) >= 11 is 0. The Morgan fingerprint density at radius 2 is 1.50 bits per heavy atom. The fourth-order valence-corrected chi connectivity index (χ4v) is 1.99. The van der Waals surface area contributed by atoms with Gasteiger partial charge in [-0.2, -0.15) is 0 Å². The molecule has 0 aromatic carbocycles. The Bertz CT molecular complexity index is 228. The fraction of sp³-hybridized carbons (Fsp3) is 1.00. The van der Waals surface area contributed by atoms with Crippen molar-refractivity contribution < 1.29 is 20.1 Å². The van der Waals surface area contributed by atoms with Gasteiger partial charge in [0.2, 0.25) is 0 Å². The van der Waals surface area contributed by atoms with Crippen molar-refractivity contribution in [2.45, 2.75) is 65.4 Å². The van der Waals surface area contributed by atoms with E-state index in [2.05, 4.69) is 13.8 Å². The zero-order chi connectivity index (χ0) is 15.6. The topological polar surface area (TPSA) is 69.9 Å². The van der Waals surface area contributed by atoms with Gasteiger partial charge in [0.1, 0.15) is 0 Å². The maximum Gasteiger partial charge on any atom is 0.0652 e. The normalized spacial score (nSPS) is 14.6. The van der Waals surface area contributed by atoms with Crippen LogP contribution in [0.2, 0.25) is 0 Å². The van der Waals surface area contributed by atoms with E-state index in [0.717, 1.165) is 6.42 Å². The van der Waals surface area contributed by atoms with E-state index in [1.165, 1.54) is 25.7 Å². The second-order valence-electron chi connectivity index (χ2n) is 6.62. The molecule has 4 nitrogen and oxygen atoms in total. The van der Waals surface area contributed by atoms with Crippen molar-refractivity contribution in [2.75, 3.05) is 26.4 Å². The van der Waals surface area contributed by atoms with Gasteiger partial charge in [0.15, 0.2) is 0 Å². The third-order valence-electron chi connectivity index (χ3n) is 4.43. The molecule has 0 aromatic heterocycles. The summed E-state index contributed by atoms with van der Waals surface area (Å²) < 4.78 is 5.91. The second-order valence-corrected chi connectivity index (χ2v) is 6.62. The molecule has 0 aliphatic heterocycles. The molecule has 0 saturated carbocycles. The van der Waals surface area contributed by atoms with Crippen LogP contribution in [0.3, 0.4) is 0 Å². The van der Waals surface area contributed by atoms with E-state index in [-0.39, 0.29) is 32.0 Å². The summed E-state index contributed by atoms with van der Waals surface area (Å²) in [5.74, 6) is 0.396. The van der Waals surface area contributed by atoms with E-state index in [1.54, 1.807) is 0 Å². The molecule has 0 heterocycles. The summed E-state index contributed by atoms with van der Waals surface area (Å²) in [5, 5.41) is 27.9. The summed E-state index contributed by atoms with van der Waals surface area (Å²) in [6.07, 6.45) is 6.08. The Balaban J connectivity index is 4.27. The maximum absolute atomic E-state index is 9.31. The third-order valence-corrected chi connectivity index (χ3v) is 4.43. The van der Waals surface area contributed by atoms with Crippen LogP contribution in [0.1, 0.15) is 59.8 Å². The van der Waals surface area contributed by atoms with E-state index in [9.17, 15) is 15.3 Å². The molecule has 20 heavy (non-hydrogen) atoms. The first-order chi connectivity index (χ1) is 9.37. The number of aliphatic hydroxyl groups excluding tert-OH is 3. The molecule has 3 N–H and O–H groups in total. The molecular formula is C16H34O4. The van der Waals surface area contributed by atoms with Crippen molar-refractivity contribution in [3.8, 4) is 0 Å². The van der Waals surface area contributed by atoms with Crippen LogP contribution < -0.4 is 0 Å². The van der Waals surface area contributed by atoms with E-state index in [4.69, 9.17) is 4.74 Å². The van der Waals surface area contributed by atoms with Gasteiger partial charge in [0.05, 0.1) is 37.4 Å². The lowest BCUT2D eigenvalue weighted by Crippen LogP contribution is -2.43. The molecule has 1 unspecified atom stereocenters. The highest BCUT2D eigenvalue weighted by Gasteiger charge is 2.34. The predicted molar refractivity (Wildman–Crippen MR) is 81.6 cm³/mol. The van der Waals surface area contributed by atoms with Crippen LogP contribution in [0.5, 0.6) is 0 Å². The molecule has 0 spiro atoms. The lowest BCUT2D eigenvalue weighted by Gasteiger charge is -2.37. The number of unbranched alkanes of at least 4 members (excludes halogenated alkanes) is 3. The van der Waals surface area contributed by atoms with Crippen molar-refractivity contribution in [1.29, 1.82) is 0 Å². The van der Waals surface area contributed by atoms with Gasteiger partial charge in [0, 0.05) is 0 Å². The Kier molecular flexibility index (Phi) is 9.64. The average Bonchev–Trinajstić information content (AvgIpc) is 2.45. The molecule has 0 radical (unpaired) electrons. The van der Waals surface area contributed by atoms with Crippen molar-refractivity contribution >= 4 is 0 Å². The zero-order valence-corrected chi connectivity index (χ0v) is 13.7. The number of aliphatic hydroxyl groups is 3. The van der Waals surface area contributed by atoms with E-state index in [1.807, 2.05) is 13.8 Å². The summed E-state index contributed by atoms with van der Waals surface area (Å²) in [6.45, 7) is 7.79. The summed E-state index contributed by atoms with van der Waals surface area (Å²) in [6, 6.07) is 0. The Morgan fingerprint density at radius 1 is 0.950 bits per heavy atom. The van der Waals surface area contributed by atoms with Crippen molar-refractivity contribution in [2.24, 2.45) is 11.3 Å². The van der Waals surface area contributed by atoms with Gasteiger partial charge in [-0.25, -0.2) is 0 Å². The lowest BCUT2D eigenvalue weighted by molar-refractivity contribution is -0.127. The fourth-order valence-electron chi connectivity index (χ4n) is 1.99. The molecule has 0 aromatic rings. The van der Waals surface area contributed by atoms with Crippen LogP contribution in [0.25, 0.3) is 0 Å². The first kappa shape index (κ1) is 19.8. The van der Waals surface area contributed by atoms with Gasteiger partial charge in [-0.15, -0.1) is 0 Å². The highest BCUT2D eigenvalue weighted by atomic mass is 16.5. The van der Waals surface area contributed by atoms with Crippen molar-refractivity contribution in [3.05, 3.63) is 0 Å². The van der Waals surface area contributed by atoms with Gasteiger partial charge in [0.25, 0.3) is 0 Å². The zero-order valence-electron chi connectivity index (χ0n) is 13.7. The van der Waals surface area contributed by atoms with Crippen LogP contribution in [0, 0.1) is 11.3 Å². The van der Waals surface area contributed by atoms with Crippen LogP contribution in [-0.2, 0) is 4.74 Å². The van der Waals surface area contributed by atoms with Gasteiger partial charge < -0.3 is 20.1 Å². The average molecular weight is 290 g/mol. The minimum atomic E-state index is -0.945. The molecule has 0 rings (SSSR count). The molecule has 0 bridgehead atoms. The number of hydrogen-bond donors (Lipinski definition) is 3. The first-order valence-corrected chi connectivity index (χ1v) is 7.84. The summed E-state index contributed by atoms with van der Waals surface area (Å²) in [5.41, 5.74) is -1.27. The lowest BCUT2D eigenvalue weighted by atomic mass is 9.86. The SMILES string of the molecule is CCCCCCC(C)C(C)(C)OCC(CO)(CO)CO. The van der Waals surface area contributed by atoms with Gasteiger partial charge in [-0.1, -0.05) is 39.5 Å². The molecule has 0 aliphatic carbocycles. The predicted octanol–water partition coefficient (Wildman–Crippen LogP) is 2.35. The second kappa shape index (κ2) is 9.72. The largest absolute Gasteiger partial charge is 0.396 e. The minimum absolute atomic E-state index is 0.169. The van der Waals surface area contributed by atoms with Crippen LogP contribution in [-0.4, -0.2) is 47.3 Å². The molecular weight excluding hydrogens is 256 g/mol. The highest BCUT2D eigenvalue weighted by molar-refractivity contribution is 4.81. The monoisotopic (exact) mass is 290 g/mol. The first-order valence-electron chi connectivity index (χ1n) is 7.84. The smallest absolute Gasteiger partial charge is 0.0652 e. The molecule has 122 valence electrons. The number of rotatable bonds is 12. The van der Waals surface area contributed by atoms with E-state index in [0.29, 0.717) is 5.92 Å². The molecule has 0 saturated heterocycles. The van der Waals surface area contributed by atoms with Crippen molar-refractivity contribution in [3.63, 3.8) is 0 Å². The van der Waals surface area contributed by atoms with Gasteiger partial charge in [-0.3, -0.25) is 0 Å².